The molecule has 0 fully saturated rings. The van der Waals surface area contributed by atoms with E-state index in [1.807, 2.05) is 24.3 Å². The summed E-state index contributed by atoms with van der Waals surface area (Å²) in [5.74, 6) is -0.579. The van der Waals surface area contributed by atoms with Gasteiger partial charge in [-0.3, -0.25) is 4.79 Å². The molecule has 3 aromatic rings. The molecule has 0 aromatic heterocycles. The van der Waals surface area contributed by atoms with Crippen LogP contribution in [0.1, 0.15) is 11.1 Å². The Bertz CT molecular complexity index is 1010. The van der Waals surface area contributed by atoms with E-state index in [9.17, 15) is 9.59 Å². The molecule has 0 radical (unpaired) electrons. The van der Waals surface area contributed by atoms with Crippen molar-refractivity contribution in [2.45, 2.75) is 19.1 Å². The van der Waals surface area contributed by atoms with Crippen molar-refractivity contribution in [1.29, 1.82) is 0 Å². The molecule has 0 aliphatic rings. The zero-order chi connectivity index (χ0) is 21.5. The number of amides is 1. The van der Waals surface area contributed by atoms with Gasteiger partial charge in [-0.25, -0.2) is 4.79 Å². The number of benzene rings is 3. The topological polar surface area (TPSA) is 76.1 Å². The number of rotatable bonds is 9. The first-order valence-electron chi connectivity index (χ1n) is 9.66. The predicted octanol–water partition coefficient (Wildman–Crippen LogP) is 3.52. The third kappa shape index (κ3) is 5.36. The second-order valence-electron chi connectivity index (χ2n) is 7.09. The van der Waals surface area contributed by atoms with E-state index in [-0.39, 0.29) is 18.9 Å². The Morgan fingerprint density at radius 3 is 2.40 bits per heavy atom. The van der Waals surface area contributed by atoms with Gasteiger partial charge in [-0.05, 0) is 34.0 Å². The predicted molar refractivity (Wildman–Crippen MR) is 114 cm³/mol. The molecule has 0 saturated heterocycles. The molecule has 0 heterocycles. The fourth-order valence-electron chi connectivity index (χ4n) is 3.24. The molecule has 0 saturated carbocycles. The van der Waals surface area contributed by atoms with Crippen LogP contribution in [0.15, 0.2) is 66.7 Å². The maximum atomic E-state index is 12.5. The van der Waals surface area contributed by atoms with Gasteiger partial charge in [0.05, 0.1) is 0 Å². The van der Waals surface area contributed by atoms with E-state index < -0.39 is 12.1 Å². The summed E-state index contributed by atoms with van der Waals surface area (Å²) in [5, 5.41) is 11.3. The van der Waals surface area contributed by atoms with Crippen LogP contribution >= 0.6 is 0 Å². The highest BCUT2D eigenvalue weighted by molar-refractivity contribution is 5.86. The quantitative estimate of drug-likeness (QED) is 0.587. The van der Waals surface area contributed by atoms with E-state index in [2.05, 4.69) is 18.2 Å². The van der Waals surface area contributed by atoms with Crippen LogP contribution in [0.3, 0.4) is 0 Å². The lowest BCUT2D eigenvalue weighted by Gasteiger charge is -2.19. The standard InChI is InChI=1S/C24H25NO5/c1-25(15-19-8-5-7-18-6-3-4-9-21(18)19)23(26)16-30-20-12-10-17(11-13-20)14-22(29-2)24(27)28/h3-13,22H,14-16H2,1-2H3,(H,27,28). The summed E-state index contributed by atoms with van der Waals surface area (Å²) in [4.78, 5) is 25.2. The van der Waals surface area contributed by atoms with Crippen LogP contribution in [-0.2, 0) is 27.3 Å². The number of fused-ring (bicyclic) bond motifs is 1. The number of carbonyl (C=O) groups is 2. The molecule has 0 aliphatic heterocycles. The molecule has 1 unspecified atom stereocenters. The lowest BCUT2D eigenvalue weighted by atomic mass is 10.0. The number of aliphatic carboxylic acids is 1. The van der Waals surface area contributed by atoms with Crippen molar-refractivity contribution >= 4 is 22.6 Å². The Hall–Kier alpha value is -3.38. The van der Waals surface area contributed by atoms with Crippen molar-refractivity contribution < 1.29 is 24.2 Å². The molecule has 6 heteroatoms. The van der Waals surface area contributed by atoms with Gasteiger partial charge in [-0.2, -0.15) is 0 Å². The number of hydrogen-bond acceptors (Lipinski definition) is 4. The molecular formula is C24H25NO5. The Balaban J connectivity index is 1.55. The second kappa shape index (κ2) is 9.89. The van der Waals surface area contributed by atoms with Crippen LogP contribution in [0.2, 0.25) is 0 Å². The minimum Gasteiger partial charge on any atom is -0.484 e. The van der Waals surface area contributed by atoms with Gasteiger partial charge in [0.25, 0.3) is 5.91 Å². The molecule has 3 rings (SSSR count). The molecule has 156 valence electrons. The van der Waals surface area contributed by atoms with Gasteiger partial charge >= 0.3 is 5.97 Å². The summed E-state index contributed by atoms with van der Waals surface area (Å²) in [7, 11) is 3.13. The highest BCUT2D eigenvalue weighted by Gasteiger charge is 2.17. The van der Waals surface area contributed by atoms with Crippen LogP contribution in [-0.4, -0.2) is 48.8 Å². The zero-order valence-electron chi connectivity index (χ0n) is 17.1. The van der Waals surface area contributed by atoms with Crippen molar-refractivity contribution in [3.63, 3.8) is 0 Å². The lowest BCUT2D eigenvalue weighted by molar-refractivity contribution is -0.148. The van der Waals surface area contributed by atoms with Gasteiger partial charge in [-0.1, -0.05) is 54.6 Å². The highest BCUT2D eigenvalue weighted by Crippen LogP contribution is 2.20. The fourth-order valence-corrected chi connectivity index (χ4v) is 3.24. The van der Waals surface area contributed by atoms with Crippen molar-refractivity contribution in [1.82, 2.24) is 4.90 Å². The highest BCUT2D eigenvalue weighted by atomic mass is 16.5. The third-order valence-electron chi connectivity index (χ3n) is 4.98. The SMILES string of the molecule is COC(Cc1ccc(OCC(=O)N(C)Cc2cccc3ccccc23)cc1)C(=O)O. The van der Waals surface area contributed by atoms with Crippen LogP contribution in [0.5, 0.6) is 5.75 Å². The van der Waals surface area contributed by atoms with Crippen molar-refractivity contribution in [2.75, 3.05) is 20.8 Å². The van der Waals surface area contributed by atoms with Gasteiger partial charge in [0.1, 0.15) is 5.75 Å². The van der Waals surface area contributed by atoms with E-state index in [4.69, 9.17) is 14.6 Å². The van der Waals surface area contributed by atoms with Gasteiger partial charge in [-0.15, -0.1) is 0 Å². The maximum Gasteiger partial charge on any atom is 0.333 e. The summed E-state index contributed by atoms with van der Waals surface area (Å²) < 4.78 is 10.6. The molecule has 0 bridgehead atoms. The summed E-state index contributed by atoms with van der Waals surface area (Å²) >= 11 is 0. The molecule has 0 spiro atoms. The van der Waals surface area contributed by atoms with Gasteiger partial charge < -0.3 is 19.5 Å². The number of carbonyl (C=O) groups excluding carboxylic acids is 1. The van der Waals surface area contributed by atoms with E-state index in [1.165, 1.54) is 7.11 Å². The van der Waals surface area contributed by atoms with E-state index in [0.29, 0.717) is 12.3 Å². The number of ether oxygens (including phenoxy) is 2. The maximum absolute atomic E-state index is 12.5. The number of carboxylic acids is 1. The average molecular weight is 407 g/mol. The summed E-state index contributed by atoms with van der Waals surface area (Å²) in [5.41, 5.74) is 1.90. The van der Waals surface area contributed by atoms with E-state index in [1.54, 1.807) is 36.2 Å². The van der Waals surface area contributed by atoms with Crippen molar-refractivity contribution in [2.24, 2.45) is 0 Å². The first-order chi connectivity index (χ1) is 14.5. The lowest BCUT2D eigenvalue weighted by Crippen LogP contribution is -2.31. The first kappa shape index (κ1) is 21.3. The fraction of sp³-hybridized carbons (Fsp3) is 0.250. The minimum absolute atomic E-state index is 0.0730. The molecule has 3 aromatic carbocycles. The van der Waals surface area contributed by atoms with Crippen LogP contribution < -0.4 is 4.74 Å². The number of likely N-dealkylation sites (N-methyl/N-ethyl adjacent to an activating group) is 1. The Morgan fingerprint density at radius 2 is 1.70 bits per heavy atom. The Labute approximate surface area is 175 Å². The second-order valence-corrected chi connectivity index (χ2v) is 7.09. The smallest absolute Gasteiger partial charge is 0.333 e. The molecular weight excluding hydrogens is 382 g/mol. The monoisotopic (exact) mass is 407 g/mol. The van der Waals surface area contributed by atoms with Crippen molar-refractivity contribution in [3.8, 4) is 5.75 Å². The van der Waals surface area contributed by atoms with Crippen LogP contribution in [0.4, 0.5) is 0 Å². The van der Waals surface area contributed by atoms with E-state index >= 15 is 0 Å². The third-order valence-corrected chi connectivity index (χ3v) is 4.98. The summed E-state index contributed by atoms with van der Waals surface area (Å²) in [6, 6.07) is 21.2. The Kier molecular flexibility index (Phi) is 7.03. The van der Waals surface area contributed by atoms with Crippen molar-refractivity contribution in [3.05, 3.63) is 77.9 Å². The van der Waals surface area contributed by atoms with Gasteiger partial charge in [0, 0.05) is 27.1 Å². The van der Waals surface area contributed by atoms with Gasteiger partial charge in [0.15, 0.2) is 12.7 Å². The normalized spacial score (nSPS) is 11.8. The molecule has 0 aliphatic carbocycles. The van der Waals surface area contributed by atoms with Crippen LogP contribution in [0, 0.1) is 0 Å². The average Bonchev–Trinajstić information content (AvgIpc) is 2.76. The first-order valence-corrected chi connectivity index (χ1v) is 9.66. The molecule has 6 nitrogen and oxygen atoms in total. The zero-order valence-corrected chi connectivity index (χ0v) is 17.1. The molecule has 30 heavy (non-hydrogen) atoms. The largest absolute Gasteiger partial charge is 0.484 e. The number of methoxy groups -OCH3 is 1. The molecule has 1 atom stereocenters. The molecule has 1 N–H and O–H groups in total. The van der Waals surface area contributed by atoms with Crippen LogP contribution in [0.25, 0.3) is 10.8 Å². The molecule has 1 amide bonds. The minimum atomic E-state index is -1.00. The number of hydrogen-bond donors (Lipinski definition) is 1. The van der Waals surface area contributed by atoms with Gasteiger partial charge in [0.2, 0.25) is 0 Å². The number of nitrogens with zero attached hydrogens (tertiary/aromatic N) is 1. The Morgan fingerprint density at radius 1 is 1.00 bits per heavy atom. The van der Waals surface area contributed by atoms with E-state index in [0.717, 1.165) is 21.9 Å². The summed E-state index contributed by atoms with van der Waals surface area (Å²) in [6.45, 7) is 0.423. The number of carboxylic acid groups (broad SMARTS) is 1. The summed E-state index contributed by atoms with van der Waals surface area (Å²) in [6.07, 6.45) is -0.625.